The Labute approximate surface area is 112 Å². The normalized spacial score (nSPS) is 28.1. The molecule has 1 fully saturated rings. The topological polar surface area (TPSA) is 58.6 Å². The number of rotatable bonds is 2. The van der Waals surface area contributed by atoms with E-state index in [2.05, 4.69) is 21.2 Å². The lowest BCUT2D eigenvalue weighted by Crippen LogP contribution is -2.52. The lowest BCUT2D eigenvalue weighted by molar-refractivity contribution is -0.149. The van der Waals surface area contributed by atoms with Crippen LogP contribution in [0.5, 0.6) is 0 Å². The predicted octanol–water partition coefficient (Wildman–Crippen LogP) is 2.09. The van der Waals surface area contributed by atoms with E-state index in [-0.39, 0.29) is 12.4 Å². The second-order valence-corrected chi connectivity index (χ2v) is 5.14. The van der Waals surface area contributed by atoms with E-state index in [1.165, 1.54) is 6.07 Å². The fourth-order valence-electron chi connectivity index (χ4n) is 2.02. The summed E-state index contributed by atoms with van der Waals surface area (Å²) < 4.78 is 20.0. The summed E-state index contributed by atoms with van der Waals surface area (Å²) in [6, 6.07) is 3.86. The summed E-state index contributed by atoms with van der Waals surface area (Å²) in [6.45, 7) is 1.93. The third kappa shape index (κ3) is 2.71. The second kappa shape index (κ2) is 5.34. The number of halogens is 2. The van der Waals surface area contributed by atoms with Gasteiger partial charge in [-0.15, -0.1) is 0 Å². The van der Waals surface area contributed by atoms with E-state index in [1.54, 1.807) is 19.1 Å². The molecule has 1 aliphatic heterocycles. The van der Waals surface area contributed by atoms with Crippen LogP contribution in [0.2, 0.25) is 0 Å². The van der Waals surface area contributed by atoms with Crippen LogP contribution in [-0.2, 0) is 9.53 Å². The molecule has 18 heavy (non-hydrogen) atoms. The molecule has 1 saturated heterocycles. The van der Waals surface area contributed by atoms with Crippen LogP contribution < -0.4 is 5.32 Å². The van der Waals surface area contributed by atoms with Crippen molar-refractivity contribution in [1.82, 2.24) is 5.32 Å². The van der Waals surface area contributed by atoms with Gasteiger partial charge in [0.2, 0.25) is 0 Å². The first-order chi connectivity index (χ1) is 8.49. The Hall–Kier alpha value is -0.980. The van der Waals surface area contributed by atoms with E-state index >= 15 is 0 Å². The molecule has 0 spiro atoms. The van der Waals surface area contributed by atoms with Gasteiger partial charge in [0.05, 0.1) is 12.2 Å². The van der Waals surface area contributed by atoms with Gasteiger partial charge in [0, 0.05) is 16.6 Å². The Balaban J connectivity index is 2.17. The fourth-order valence-corrected chi connectivity index (χ4v) is 2.40. The zero-order valence-corrected chi connectivity index (χ0v) is 11.3. The molecule has 1 aromatic carbocycles. The number of benzene rings is 1. The average molecular weight is 318 g/mol. The molecule has 98 valence electrons. The van der Waals surface area contributed by atoms with Crippen molar-refractivity contribution in [2.45, 2.75) is 25.2 Å². The monoisotopic (exact) mass is 317 g/mol. The minimum atomic E-state index is -0.962. The molecule has 0 aliphatic carbocycles. The second-order valence-electron chi connectivity index (χ2n) is 4.22. The molecule has 2 rings (SSSR count). The number of morpholine rings is 1. The number of nitrogens with one attached hydrogen (secondary N) is 1. The van der Waals surface area contributed by atoms with Crippen LogP contribution in [0.4, 0.5) is 4.39 Å². The molecular weight excluding hydrogens is 305 g/mol. The van der Waals surface area contributed by atoms with Gasteiger partial charge in [-0.3, -0.25) is 10.1 Å². The highest BCUT2D eigenvalue weighted by Crippen LogP contribution is 2.28. The van der Waals surface area contributed by atoms with Crippen molar-refractivity contribution in [2.24, 2.45) is 0 Å². The number of hydrogen-bond donors (Lipinski definition) is 2. The molecule has 1 aromatic rings. The number of carboxylic acid groups (broad SMARTS) is 1. The molecule has 2 N–H and O–H groups in total. The quantitative estimate of drug-likeness (QED) is 0.877. The van der Waals surface area contributed by atoms with Crippen molar-refractivity contribution in [2.75, 3.05) is 6.54 Å². The van der Waals surface area contributed by atoms with Gasteiger partial charge in [-0.1, -0.05) is 15.9 Å². The summed E-state index contributed by atoms with van der Waals surface area (Å²) in [4.78, 5) is 10.9. The summed E-state index contributed by atoms with van der Waals surface area (Å²) >= 11 is 3.28. The molecule has 3 atom stereocenters. The van der Waals surface area contributed by atoms with Crippen molar-refractivity contribution >= 4 is 21.9 Å². The average Bonchev–Trinajstić information content (AvgIpc) is 2.31. The lowest BCUT2D eigenvalue weighted by Gasteiger charge is -2.33. The third-order valence-corrected chi connectivity index (χ3v) is 3.44. The number of carbonyl (C=O) groups is 1. The first-order valence-corrected chi connectivity index (χ1v) is 6.35. The van der Waals surface area contributed by atoms with Crippen LogP contribution in [0.25, 0.3) is 0 Å². The van der Waals surface area contributed by atoms with Gasteiger partial charge in [-0.2, -0.15) is 0 Å². The smallest absolute Gasteiger partial charge is 0.323 e. The summed E-state index contributed by atoms with van der Waals surface area (Å²) in [5, 5.41) is 11.8. The van der Waals surface area contributed by atoms with E-state index in [0.29, 0.717) is 5.56 Å². The van der Waals surface area contributed by atoms with Crippen molar-refractivity contribution < 1.29 is 19.0 Å². The van der Waals surface area contributed by atoms with Crippen LogP contribution in [-0.4, -0.2) is 29.8 Å². The maximum atomic E-state index is 13.7. The first kappa shape index (κ1) is 13.5. The molecule has 0 aromatic heterocycles. The Morgan fingerprint density at radius 1 is 1.61 bits per heavy atom. The summed E-state index contributed by atoms with van der Waals surface area (Å²) in [5.74, 6) is -1.32. The Morgan fingerprint density at radius 2 is 2.33 bits per heavy atom. The van der Waals surface area contributed by atoms with Crippen molar-refractivity contribution in [3.8, 4) is 0 Å². The van der Waals surface area contributed by atoms with Gasteiger partial charge in [0.1, 0.15) is 11.9 Å². The van der Waals surface area contributed by atoms with Gasteiger partial charge >= 0.3 is 5.97 Å². The highest BCUT2D eigenvalue weighted by Gasteiger charge is 2.34. The molecule has 3 unspecified atom stereocenters. The zero-order chi connectivity index (χ0) is 13.3. The van der Waals surface area contributed by atoms with Gasteiger partial charge in [-0.25, -0.2) is 4.39 Å². The van der Waals surface area contributed by atoms with Crippen LogP contribution in [0, 0.1) is 5.82 Å². The molecular formula is C12H13BrFNO3. The summed E-state index contributed by atoms with van der Waals surface area (Å²) in [5.41, 5.74) is 0.424. The molecule has 6 heteroatoms. The van der Waals surface area contributed by atoms with Crippen molar-refractivity contribution in [3.63, 3.8) is 0 Å². The first-order valence-electron chi connectivity index (χ1n) is 5.55. The predicted molar refractivity (Wildman–Crippen MR) is 66.8 cm³/mol. The van der Waals surface area contributed by atoms with Gasteiger partial charge in [0.25, 0.3) is 0 Å². The summed E-state index contributed by atoms with van der Waals surface area (Å²) in [6.07, 6.45) is -0.993. The van der Waals surface area contributed by atoms with Crippen LogP contribution >= 0.6 is 15.9 Å². The maximum absolute atomic E-state index is 13.7. The third-order valence-electron chi connectivity index (χ3n) is 2.94. The van der Waals surface area contributed by atoms with Crippen LogP contribution in [0.15, 0.2) is 22.7 Å². The maximum Gasteiger partial charge on any atom is 0.323 e. The fraction of sp³-hybridized carbons (Fsp3) is 0.417. The molecule has 4 nitrogen and oxygen atoms in total. The Bertz CT molecular complexity index is 469. The zero-order valence-electron chi connectivity index (χ0n) is 9.69. The van der Waals surface area contributed by atoms with Gasteiger partial charge in [-0.05, 0) is 25.1 Å². The highest BCUT2D eigenvalue weighted by molar-refractivity contribution is 9.10. The number of hydrogen-bond acceptors (Lipinski definition) is 3. The molecule has 0 amide bonds. The van der Waals surface area contributed by atoms with Gasteiger partial charge < -0.3 is 9.84 Å². The highest BCUT2D eigenvalue weighted by atomic mass is 79.9. The molecule has 1 heterocycles. The molecule has 0 bridgehead atoms. The lowest BCUT2D eigenvalue weighted by atomic mass is 10.0. The van der Waals surface area contributed by atoms with Crippen LogP contribution in [0.3, 0.4) is 0 Å². The van der Waals surface area contributed by atoms with Crippen molar-refractivity contribution in [3.05, 3.63) is 34.1 Å². The van der Waals surface area contributed by atoms with E-state index < -0.39 is 24.2 Å². The standard InChI is InChI=1S/C12H13BrFNO3/c1-6-11(12(16)17)15-5-10(18-6)8-4-7(13)2-3-9(8)14/h2-4,6,10-11,15H,5H2,1H3,(H,16,17). The van der Waals surface area contributed by atoms with E-state index in [4.69, 9.17) is 9.84 Å². The van der Waals surface area contributed by atoms with Crippen LogP contribution in [0.1, 0.15) is 18.6 Å². The van der Waals surface area contributed by atoms with E-state index in [1.807, 2.05) is 0 Å². The SMILES string of the molecule is CC1OC(c2cc(Br)ccc2F)CNC1C(=O)O. The summed E-state index contributed by atoms with van der Waals surface area (Å²) in [7, 11) is 0. The van der Waals surface area contributed by atoms with Crippen molar-refractivity contribution in [1.29, 1.82) is 0 Å². The number of aliphatic carboxylic acids is 1. The van der Waals surface area contributed by atoms with E-state index in [0.717, 1.165) is 4.47 Å². The molecule has 1 aliphatic rings. The minimum absolute atomic E-state index is 0.272. The molecule has 0 radical (unpaired) electrons. The Kier molecular flexibility index (Phi) is 3.99. The molecule has 0 saturated carbocycles. The number of carboxylic acids is 1. The minimum Gasteiger partial charge on any atom is -0.480 e. The van der Waals surface area contributed by atoms with Gasteiger partial charge in [0.15, 0.2) is 0 Å². The Morgan fingerprint density at radius 3 is 2.94 bits per heavy atom. The largest absolute Gasteiger partial charge is 0.480 e. The number of ether oxygens (including phenoxy) is 1. The van der Waals surface area contributed by atoms with E-state index in [9.17, 15) is 9.18 Å².